The Morgan fingerprint density at radius 2 is 0.800 bits per heavy atom. The van der Waals surface area contributed by atoms with Crippen LogP contribution in [0.25, 0.3) is 0 Å². The molecular weight excluding hydrogens is 180 g/mol. The van der Waals surface area contributed by atoms with E-state index in [2.05, 4.69) is 36.4 Å². The molecule has 0 atom stereocenters. The van der Waals surface area contributed by atoms with E-state index in [0.29, 0.717) is 0 Å². The summed E-state index contributed by atoms with van der Waals surface area (Å²) in [5.41, 5.74) is 2.89. The van der Waals surface area contributed by atoms with Crippen molar-refractivity contribution in [1.82, 2.24) is 0 Å². The molecule has 0 fully saturated rings. The monoisotopic (exact) mass is 194 g/mol. The smallest absolute Gasteiger partial charge is 0.00201 e. The minimum Gasteiger partial charge on any atom is -0.0623 e. The van der Waals surface area contributed by atoms with Gasteiger partial charge in [-0.15, -0.1) is 0 Å². The van der Waals surface area contributed by atoms with E-state index in [4.69, 9.17) is 0 Å². The van der Waals surface area contributed by atoms with Gasteiger partial charge < -0.3 is 0 Å². The molecule has 15 heavy (non-hydrogen) atoms. The zero-order valence-corrected chi connectivity index (χ0v) is 8.64. The molecule has 0 unspecified atom stereocenters. The first-order chi connectivity index (χ1) is 7.47. The minimum absolute atomic E-state index is 1.14. The number of fused-ring (bicyclic) bond motifs is 1. The number of hydrogen-bond acceptors (Lipinski definition) is 0. The highest BCUT2D eigenvalue weighted by Gasteiger charge is 2.10. The zero-order valence-electron chi connectivity index (χ0n) is 8.64. The third kappa shape index (κ3) is 3.43. The maximum absolute atomic E-state index is 2.18. The lowest BCUT2D eigenvalue weighted by atomic mass is 10.4. The molecule has 1 aliphatic carbocycles. The molecule has 74 valence electrons. The first-order valence-electron chi connectivity index (χ1n) is 5.20. The maximum Gasteiger partial charge on any atom is -0.00201 e. The van der Waals surface area contributed by atoms with Gasteiger partial charge in [0.15, 0.2) is 0 Å². The Morgan fingerprint density at radius 3 is 1.20 bits per heavy atom. The summed E-state index contributed by atoms with van der Waals surface area (Å²) in [6.45, 7) is 0. The third-order valence-corrected chi connectivity index (χ3v) is 2.26. The maximum atomic E-state index is 2.18. The van der Waals surface area contributed by atoms with Crippen LogP contribution in [-0.2, 0) is 6.42 Å². The van der Waals surface area contributed by atoms with E-state index in [0.717, 1.165) is 6.42 Å². The average Bonchev–Trinajstić information content (AvgIpc) is 2.98. The lowest BCUT2D eigenvalue weighted by molar-refractivity contribution is 1.58. The summed E-state index contributed by atoms with van der Waals surface area (Å²) >= 11 is 0. The quantitative estimate of drug-likeness (QED) is 0.597. The molecule has 0 aromatic heterocycles. The van der Waals surface area contributed by atoms with Gasteiger partial charge in [0.05, 0.1) is 0 Å². The van der Waals surface area contributed by atoms with E-state index in [1.54, 1.807) is 0 Å². The Labute approximate surface area is 90.9 Å². The molecule has 1 aliphatic rings. The van der Waals surface area contributed by atoms with Crippen molar-refractivity contribution < 1.29 is 0 Å². The van der Waals surface area contributed by atoms with Crippen LogP contribution in [0.4, 0.5) is 0 Å². The summed E-state index contributed by atoms with van der Waals surface area (Å²) in [5, 5.41) is 0. The normalized spacial score (nSPS) is 10.4. The molecule has 0 amide bonds. The first kappa shape index (κ1) is 9.72. The van der Waals surface area contributed by atoms with Crippen LogP contribution in [0.2, 0.25) is 0 Å². The van der Waals surface area contributed by atoms with Gasteiger partial charge in [-0.1, -0.05) is 72.8 Å². The van der Waals surface area contributed by atoms with Crippen LogP contribution in [0.1, 0.15) is 11.1 Å². The predicted octanol–water partition coefficient (Wildman–Crippen LogP) is 3.84. The summed E-state index contributed by atoms with van der Waals surface area (Å²) in [4.78, 5) is 0. The molecule has 0 aliphatic heterocycles. The van der Waals surface area contributed by atoms with Crippen LogP contribution in [0.5, 0.6) is 0 Å². The van der Waals surface area contributed by atoms with E-state index in [-0.39, 0.29) is 0 Å². The molecule has 0 nitrogen and oxygen atoms in total. The molecule has 0 spiro atoms. The van der Waals surface area contributed by atoms with Crippen molar-refractivity contribution in [2.45, 2.75) is 6.42 Å². The Hall–Kier alpha value is -1.82. The van der Waals surface area contributed by atoms with Crippen molar-refractivity contribution in [3.05, 3.63) is 83.9 Å². The van der Waals surface area contributed by atoms with Crippen molar-refractivity contribution in [1.29, 1.82) is 0 Å². The first-order valence-corrected chi connectivity index (χ1v) is 5.20. The van der Waals surface area contributed by atoms with Crippen LogP contribution >= 0.6 is 0 Å². The second-order valence-electron chi connectivity index (χ2n) is 3.49. The second kappa shape index (κ2) is 5.16. The molecule has 2 rings (SSSR count). The van der Waals surface area contributed by atoms with Crippen LogP contribution in [0.15, 0.2) is 72.8 Å². The molecule has 0 heteroatoms. The lowest BCUT2D eigenvalue weighted by Crippen LogP contribution is -1.48. The summed E-state index contributed by atoms with van der Waals surface area (Å²) in [5.74, 6) is 0. The largest absolute Gasteiger partial charge is 0.0623 e. The van der Waals surface area contributed by atoms with E-state index < -0.39 is 0 Å². The van der Waals surface area contributed by atoms with Crippen molar-refractivity contribution in [2.75, 3.05) is 0 Å². The highest BCUT2D eigenvalue weighted by Crippen LogP contribution is 2.23. The van der Waals surface area contributed by atoms with Crippen LogP contribution in [0.3, 0.4) is 0 Å². The van der Waals surface area contributed by atoms with E-state index in [1.165, 1.54) is 11.1 Å². The standard InChI is InChI=1S/C15H14/c1-2-4-6-8-10-12-15-13-14(15)11-9-7-5-3-1/h1-12H,13H2. The van der Waals surface area contributed by atoms with Gasteiger partial charge in [0.2, 0.25) is 0 Å². The number of rotatable bonds is 0. The van der Waals surface area contributed by atoms with Gasteiger partial charge in [0.25, 0.3) is 0 Å². The zero-order chi connectivity index (χ0) is 10.3. The third-order valence-electron chi connectivity index (χ3n) is 2.26. The van der Waals surface area contributed by atoms with Crippen molar-refractivity contribution in [3.63, 3.8) is 0 Å². The van der Waals surface area contributed by atoms with Crippen LogP contribution in [-0.4, -0.2) is 0 Å². The summed E-state index contributed by atoms with van der Waals surface area (Å²) in [7, 11) is 0. The summed E-state index contributed by atoms with van der Waals surface area (Å²) < 4.78 is 0. The molecule has 0 radical (unpaired) electrons. The molecule has 0 heterocycles. The van der Waals surface area contributed by atoms with E-state index in [1.807, 2.05) is 36.4 Å². The van der Waals surface area contributed by atoms with E-state index in [9.17, 15) is 0 Å². The lowest BCUT2D eigenvalue weighted by Gasteiger charge is -1.69. The average molecular weight is 194 g/mol. The SMILES string of the molecule is c1ccccccc2c(ccccc1)C2. The second-order valence-corrected chi connectivity index (χ2v) is 3.49. The molecule has 0 saturated carbocycles. The van der Waals surface area contributed by atoms with Crippen LogP contribution < -0.4 is 0 Å². The Bertz CT molecular complexity index is 402. The van der Waals surface area contributed by atoms with Gasteiger partial charge in [-0.05, 0) is 17.5 Å². The van der Waals surface area contributed by atoms with Crippen molar-refractivity contribution in [2.24, 2.45) is 0 Å². The molecule has 0 bridgehead atoms. The Balaban J connectivity index is 2.38. The fourth-order valence-corrected chi connectivity index (χ4v) is 1.35. The topological polar surface area (TPSA) is 0 Å². The van der Waals surface area contributed by atoms with Crippen LogP contribution in [0, 0.1) is 0 Å². The molecule has 1 aromatic rings. The fourth-order valence-electron chi connectivity index (χ4n) is 1.35. The van der Waals surface area contributed by atoms with Crippen molar-refractivity contribution in [3.8, 4) is 0 Å². The number of hydrogen-bond donors (Lipinski definition) is 0. The minimum atomic E-state index is 1.14. The summed E-state index contributed by atoms with van der Waals surface area (Å²) in [6, 6.07) is 24.8. The molecule has 0 N–H and O–H groups in total. The van der Waals surface area contributed by atoms with Gasteiger partial charge in [-0.2, -0.15) is 0 Å². The fraction of sp³-hybridized carbons (Fsp3) is 0.0667. The highest BCUT2D eigenvalue weighted by atomic mass is 14.1. The Kier molecular flexibility index (Phi) is 3.34. The van der Waals surface area contributed by atoms with E-state index >= 15 is 0 Å². The van der Waals surface area contributed by atoms with Gasteiger partial charge in [-0.3, -0.25) is 0 Å². The van der Waals surface area contributed by atoms with Gasteiger partial charge in [0, 0.05) is 0 Å². The molecule has 0 saturated heterocycles. The summed E-state index contributed by atoms with van der Waals surface area (Å²) in [6.07, 6.45) is 1.14. The highest BCUT2D eigenvalue weighted by molar-refractivity contribution is 5.42. The van der Waals surface area contributed by atoms with Gasteiger partial charge >= 0.3 is 0 Å². The Morgan fingerprint density at radius 1 is 0.467 bits per heavy atom. The molecule has 1 aromatic carbocycles. The van der Waals surface area contributed by atoms with Crippen molar-refractivity contribution >= 4 is 0 Å². The van der Waals surface area contributed by atoms with Gasteiger partial charge in [0.1, 0.15) is 0 Å². The predicted molar refractivity (Wildman–Crippen MR) is 64.5 cm³/mol. The molecular formula is C15H14. The van der Waals surface area contributed by atoms with Gasteiger partial charge in [-0.25, -0.2) is 0 Å².